The molecule has 0 saturated carbocycles. The lowest BCUT2D eigenvalue weighted by Crippen LogP contribution is -2.35. The molecular weight excluding hydrogens is 370 g/mol. The molecule has 144 valence electrons. The zero-order chi connectivity index (χ0) is 18.4. The third-order valence-electron chi connectivity index (χ3n) is 2.78. The third-order valence-corrected chi connectivity index (χ3v) is 4.97. The first-order chi connectivity index (χ1) is 11.1. The molecule has 5 atom stereocenters. The monoisotopic (exact) mass is 394 g/mol. The molecule has 13 heteroatoms. The number of hydrogen-bond donors (Lipinski definition) is 4. The van der Waals surface area contributed by atoms with Crippen LogP contribution in [0.1, 0.15) is 20.3 Å². The van der Waals surface area contributed by atoms with Gasteiger partial charge in [-0.3, -0.25) is 18.1 Å². The van der Waals surface area contributed by atoms with Crippen molar-refractivity contribution in [1.29, 1.82) is 0 Å². The van der Waals surface area contributed by atoms with E-state index >= 15 is 0 Å². The fourth-order valence-corrected chi connectivity index (χ4v) is 3.77. The van der Waals surface area contributed by atoms with Crippen LogP contribution >= 0.6 is 15.6 Å². The summed E-state index contributed by atoms with van der Waals surface area (Å²) in [6.45, 7) is 1.92. The zero-order valence-electron chi connectivity index (χ0n) is 13.4. The van der Waals surface area contributed by atoms with E-state index in [-0.39, 0.29) is 26.2 Å². The summed E-state index contributed by atoms with van der Waals surface area (Å²) in [5.74, 6) is 0. The maximum absolute atomic E-state index is 11.8. The van der Waals surface area contributed by atoms with Crippen LogP contribution in [0, 0.1) is 0 Å². The van der Waals surface area contributed by atoms with E-state index in [9.17, 15) is 24.0 Å². The zero-order valence-corrected chi connectivity index (χ0v) is 15.2. The molecule has 11 nitrogen and oxygen atoms in total. The number of ether oxygens (including phenoxy) is 1. The average Bonchev–Trinajstić information content (AvgIpc) is 2.76. The van der Waals surface area contributed by atoms with Crippen molar-refractivity contribution in [3.05, 3.63) is 0 Å². The van der Waals surface area contributed by atoms with Gasteiger partial charge in [0.1, 0.15) is 18.3 Å². The van der Waals surface area contributed by atoms with Crippen molar-refractivity contribution in [2.45, 2.75) is 44.7 Å². The number of phosphoric ester groups is 2. The van der Waals surface area contributed by atoms with E-state index < -0.39 is 46.7 Å². The summed E-state index contributed by atoms with van der Waals surface area (Å²) in [7, 11) is -8.83. The van der Waals surface area contributed by atoms with Crippen LogP contribution in [0.4, 0.5) is 0 Å². The Kier molecular flexibility index (Phi) is 8.95. The Bertz CT molecular complexity index is 471. The molecule has 1 heterocycles. The van der Waals surface area contributed by atoms with Crippen LogP contribution in [0.25, 0.3) is 0 Å². The minimum absolute atomic E-state index is 0.129. The molecule has 2 unspecified atom stereocenters. The van der Waals surface area contributed by atoms with E-state index in [1.807, 2.05) is 0 Å². The molecule has 1 rings (SSSR count). The Labute approximate surface area is 139 Å². The highest BCUT2D eigenvalue weighted by molar-refractivity contribution is 7.47. The minimum Gasteiger partial charge on any atom is -0.396 e. The summed E-state index contributed by atoms with van der Waals surface area (Å²) in [5, 5.41) is 18.4. The average molecular weight is 394 g/mol. The molecule has 0 amide bonds. The topological polar surface area (TPSA) is 161 Å². The highest BCUT2D eigenvalue weighted by Crippen LogP contribution is 2.48. The lowest BCUT2D eigenvalue weighted by molar-refractivity contribution is -0.0145. The molecule has 0 bridgehead atoms. The summed E-state index contributed by atoms with van der Waals surface area (Å²) < 4.78 is 47.5. The third kappa shape index (κ3) is 7.99. The Morgan fingerprint density at radius 2 is 1.88 bits per heavy atom. The minimum atomic E-state index is -4.50. The summed E-state index contributed by atoms with van der Waals surface area (Å²) >= 11 is 0. The largest absolute Gasteiger partial charge is 0.472 e. The highest BCUT2D eigenvalue weighted by atomic mass is 31.2. The van der Waals surface area contributed by atoms with Gasteiger partial charge < -0.3 is 24.7 Å². The van der Waals surface area contributed by atoms with Gasteiger partial charge >= 0.3 is 15.6 Å². The Morgan fingerprint density at radius 1 is 1.21 bits per heavy atom. The second kappa shape index (κ2) is 9.70. The molecule has 0 aromatic carbocycles. The maximum Gasteiger partial charge on any atom is 0.472 e. The van der Waals surface area contributed by atoms with Gasteiger partial charge in [-0.15, -0.1) is 0 Å². The standard InChI is InChI=1S/C11H24O11P2/c1-8(2)21-24(16,17)20-7-10-11(9(13)6-18-10)22-23(14,15)19-5-3-4-12/h8-13H,3-7H2,1-2H3,(H,14,15)(H,16,17)/t9-,10+,11-/m0/s1. The Balaban J connectivity index is 2.58. The SMILES string of the molecule is CC(C)OP(=O)(O)OC[C@H]1OC[C@H](O)[C@@H]1OP(=O)(O)OCCCO. The number of rotatable bonds is 11. The normalized spacial score (nSPS) is 29.5. The van der Waals surface area contributed by atoms with Gasteiger partial charge in [0, 0.05) is 6.61 Å². The second-order valence-electron chi connectivity index (χ2n) is 5.31. The van der Waals surface area contributed by atoms with E-state index in [1.165, 1.54) is 0 Å². The number of aliphatic hydroxyl groups excluding tert-OH is 2. The second-order valence-corrected chi connectivity index (χ2v) is 8.12. The first-order valence-corrected chi connectivity index (χ1v) is 10.3. The molecule has 1 aliphatic rings. The van der Waals surface area contributed by atoms with E-state index in [1.54, 1.807) is 13.8 Å². The fourth-order valence-electron chi connectivity index (χ4n) is 1.83. The molecule has 4 N–H and O–H groups in total. The van der Waals surface area contributed by atoms with Gasteiger partial charge in [-0.2, -0.15) is 0 Å². The molecule has 0 radical (unpaired) electrons. The molecule has 0 aromatic heterocycles. The predicted octanol–water partition coefficient (Wildman–Crippen LogP) is 0.173. The molecule has 24 heavy (non-hydrogen) atoms. The molecule has 0 aliphatic carbocycles. The Morgan fingerprint density at radius 3 is 2.46 bits per heavy atom. The molecule has 1 aliphatic heterocycles. The van der Waals surface area contributed by atoms with Crippen LogP contribution in [0.5, 0.6) is 0 Å². The summed E-state index contributed by atoms with van der Waals surface area (Å²) in [4.78, 5) is 19.1. The van der Waals surface area contributed by atoms with Gasteiger partial charge in [0.25, 0.3) is 0 Å². The maximum atomic E-state index is 11.8. The van der Waals surface area contributed by atoms with Crippen molar-refractivity contribution in [2.75, 3.05) is 26.4 Å². The molecule has 1 saturated heterocycles. The lowest BCUT2D eigenvalue weighted by Gasteiger charge is -2.23. The van der Waals surface area contributed by atoms with Crippen LogP contribution in [0.2, 0.25) is 0 Å². The number of aliphatic hydroxyl groups is 2. The van der Waals surface area contributed by atoms with Gasteiger partial charge in [-0.1, -0.05) is 0 Å². The quantitative estimate of drug-likeness (QED) is 0.279. The van der Waals surface area contributed by atoms with Gasteiger partial charge in [0.2, 0.25) is 0 Å². The molecule has 0 aromatic rings. The van der Waals surface area contributed by atoms with Crippen molar-refractivity contribution in [3.8, 4) is 0 Å². The predicted molar refractivity (Wildman–Crippen MR) is 80.1 cm³/mol. The smallest absolute Gasteiger partial charge is 0.396 e. The number of phosphoric acid groups is 2. The highest BCUT2D eigenvalue weighted by Gasteiger charge is 2.43. The van der Waals surface area contributed by atoms with E-state index in [2.05, 4.69) is 4.52 Å². The van der Waals surface area contributed by atoms with Crippen LogP contribution in [-0.4, -0.2) is 70.8 Å². The van der Waals surface area contributed by atoms with Crippen molar-refractivity contribution in [3.63, 3.8) is 0 Å². The van der Waals surface area contributed by atoms with Gasteiger partial charge in [-0.05, 0) is 20.3 Å². The van der Waals surface area contributed by atoms with Crippen LogP contribution in [0.3, 0.4) is 0 Å². The summed E-state index contributed by atoms with van der Waals surface area (Å²) in [5.41, 5.74) is 0. The molecular formula is C11H24O11P2. The van der Waals surface area contributed by atoms with Gasteiger partial charge in [0.15, 0.2) is 0 Å². The van der Waals surface area contributed by atoms with Crippen molar-refractivity contribution in [1.82, 2.24) is 0 Å². The van der Waals surface area contributed by atoms with Crippen LogP contribution in [0.15, 0.2) is 0 Å². The lowest BCUT2D eigenvalue weighted by atomic mass is 10.2. The van der Waals surface area contributed by atoms with Gasteiger partial charge in [-0.25, -0.2) is 9.13 Å². The molecule has 0 spiro atoms. The van der Waals surface area contributed by atoms with Crippen molar-refractivity contribution >= 4 is 15.6 Å². The van der Waals surface area contributed by atoms with Crippen molar-refractivity contribution < 1.29 is 52.0 Å². The van der Waals surface area contributed by atoms with E-state index in [4.69, 9.17) is 23.4 Å². The fraction of sp³-hybridized carbons (Fsp3) is 1.00. The van der Waals surface area contributed by atoms with Crippen LogP contribution < -0.4 is 0 Å². The number of hydrogen-bond acceptors (Lipinski definition) is 9. The summed E-state index contributed by atoms with van der Waals surface area (Å²) in [6.07, 6.45) is -4.04. The van der Waals surface area contributed by atoms with Crippen molar-refractivity contribution in [2.24, 2.45) is 0 Å². The van der Waals surface area contributed by atoms with Gasteiger partial charge in [0.05, 0.1) is 25.9 Å². The first kappa shape index (κ1) is 22.1. The van der Waals surface area contributed by atoms with Crippen LogP contribution in [-0.2, 0) is 32.0 Å². The van der Waals surface area contributed by atoms with E-state index in [0.29, 0.717) is 0 Å². The Hall–Kier alpha value is 0.1000. The molecule has 1 fully saturated rings. The van der Waals surface area contributed by atoms with E-state index in [0.717, 1.165) is 0 Å². The summed E-state index contributed by atoms with van der Waals surface area (Å²) in [6, 6.07) is 0. The first-order valence-electron chi connectivity index (χ1n) is 7.28.